The van der Waals surface area contributed by atoms with Gasteiger partial charge >= 0.3 is 6.18 Å². The smallest absolute Gasteiger partial charge is 0.348 e. The van der Waals surface area contributed by atoms with Crippen LogP contribution in [0.3, 0.4) is 0 Å². The van der Waals surface area contributed by atoms with Crippen molar-refractivity contribution in [2.45, 2.75) is 50.0 Å². The second-order valence-corrected chi connectivity index (χ2v) is 11.5. The molecule has 2 aromatic carbocycles. The molecule has 192 valence electrons. The van der Waals surface area contributed by atoms with Crippen molar-refractivity contribution in [2.75, 3.05) is 18.8 Å². The van der Waals surface area contributed by atoms with E-state index in [1.807, 2.05) is 4.90 Å². The van der Waals surface area contributed by atoms with Gasteiger partial charge in [-0.3, -0.25) is 9.69 Å². The molecule has 1 unspecified atom stereocenters. The Balaban J connectivity index is 1.87. The maximum Gasteiger partial charge on any atom is 0.416 e. The monoisotopic (exact) mass is 551 g/mol. The van der Waals surface area contributed by atoms with Gasteiger partial charge in [0, 0.05) is 41.3 Å². The van der Waals surface area contributed by atoms with E-state index in [1.165, 1.54) is 31.2 Å². The van der Waals surface area contributed by atoms with Crippen molar-refractivity contribution in [3.63, 3.8) is 0 Å². The number of nitrogens with one attached hydrogen (secondary N) is 1. The van der Waals surface area contributed by atoms with Gasteiger partial charge in [0.05, 0.1) is 16.2 Å². The minimum atomic E-state index is -4.73. The predicted molar refractivity (Wildman–Crippen MR) is 129 cm³/mol. The average molecular weight is 552 g/mol. The van der Waals surface area contributed by atoms with Crippen molar-refractivity contribution in [1.29, 1.82) is 0 Å². The van der Waals surface area contributed by atoms with Crippen molar-refractivity contribution < 1.29 is 26.4 Å². The third kappa shape index (κ3) is 6.89. The van der Waals surface area contributed by atoms with E-state index < -0.39 is 27.5 Å². The van der Waals surface area contributed by atoms with E-state index in [2.05, 4.69) is 5.32 Å². The zero-order valence-electron chi connectivity index (χ0n) is 19.0. The second-order valence-electron chi connectivity index (χ2n) is 8.46. The highest BCUT2D eigenvalue weighted by Crippen LogP contribution is 2.37. The molecule has 35 heavy (non-hydrogen) atoms. The third-order valence-electron chi connectivity index (χ3n) is 5.86. The molecule has 3 rings (SSSR count). The number of piperidine rings is 1. The van der Waals surface area contributed by atoms with Crippen molar-refractivity contribution in [1.82, 2.24) is 10.2 Å². The van der Waals surface area contributed by atoms with Crippen LogP contribution >= 0.6 is 23.2 Å². The largest absolute Gasteiger partial charge is 0.416 e. The lowest BCUT2D eigenvalue weighted by atomic mass is 10.00. The van der Waals surface area contributed by atoms with Gasteiger partial charge in [0.15, 0.2) is 9.84 Å². The fraction of sp³-hybridized carbons (Fsp3) is 0.435. The molecule has 1 fully saturated rings. The van der Waals surface area contributed by atoms with Gasteiger partial charge in [-0.05, 0) is 60.8 Å². The summed E-state index contributed by atoms with van der Waals surface area (Å²) in [5, 5.41) is 2.55. The number of benzene rings is 2. The van der Waals surface area contributed by atoms with Crippen LogP contribution in [0.15, 0.2) is 35.2 Å². The van der Waals surface area contributed by atoms with E-state index >= 15 is 0 Å². The van der Waals surface area contributed by atoms with Gasteiger partial charge in [-0.1, -0.05) is 30.1 Å². The highest BCUT2D eigenvalue weighted by atomic mass is 35.5. The lowest BCUT2D eigenvalue weighted by molar-refractivity contribution is -0.138. The molecule has 1 saturated heterocycles. The Labute approximate surface area is 212 Å². The lowest BCUT2D eigenvalue weighted by Gasteiger charge is -2.31. The van der Waals surface area contributed by atoms with E-state index in [4.69, 9.17) is 28.9 Å². The Bertz CT molecular complexity index is 1210. The number of hydrogen-bond donors (Lipinski definition) is 2. The van der Waals surface area contributed by atoms with Gasteiger partial charge in [-0.25, -0.2) is 8.42 Å². The zero-order valence-corrected chi connectivity index (χ0v) is 21.3. The highest BCUT2D eigenvalue weighted by Gasteiger charge is 2.36. The van der Waals surface area contributed by atoms with Gasteiger partial charge in [0.25, 0.3) is 5.91 Å². The summed E-state index contributed by atoms with van der Waals surface area (Å²) in [4.78, 5) is 14.6. The number of nitrogens with two attached hydrogens (primary N) is 1. The molecule has 0 spiro atoms. The second kappa shape index (κ2) is 11.0. The van der Waals surface area contributed by atoms with Gasteiger partial charge in [0.2, 0.25) is 0 Å². The van der Waals surface area contributed by atoms with Crippen molar-refractivity contribution in [3.8, 4) is 0 Å². The Morgan fingerprint density at radius 2 is 1.94 bits per heavy atom. The fourth-order valence-corrected chi connectivity index (χ4v) is 5.65. The Kier molecular flexibility index (Phi) is 8.75. The lowest BCUT2D eigenvalue weighted by Crippen LogP contribution is -2.42. The van der Waals surface area contributed by atoms with Crippen LogP contribution < -0.4 is 11.1 Å². The van der Waals surface area contributed by atoms with Crippen LogP contribution in [-0.4, -0.2) is 44.1 Å². The number of rotatable bonds is 7. The summed E-state index contributed by atoms with van der Waals surface area (Å²) in [6, 6.07) is 5.98. The molecule has 1 aliphatic heterocycles. The molecule has 1 atom stereocenters. The molecule has 0 aromatic heterocycles. The summed E-state index contributed by atoms with van der Waals surface area (Å²) in [7, 11) is -3.61. The normalized spacial score (nSPS) is 17.4. The van der Waals surface area contributed by atoms with Gasteiger partial charge in [-0.2, -0.15) is 13.2 Å². The van der Waals surface area contributed by atoms with Crippen molar-refractivity contribution in [2.24, 2.45) is 5.73 Å². The van der Waals surface area contributed by atoms with Crippen molar-refractivity contribution >= 4 is 38.9 Å². The summed E-state index contributed by atoms with van der Waals surface area (Å²) >= 11 is 12.2. The summed E-state index contributed by atoms with van der Waals surface area (Å²) < 4.78 is 66.4. The van der Waals surface area contributed by atoms with E-state index in [0.29, 0.717) is 13.1 Å². The fourth-order valence-electron chi connectivity index (χ4n) is 4.06. The molecule has 12 heteroatoms. The number of nitrogens with zero attached hydrogens (tertiary/aromatic N) is 1. The van der Waals surface area contributed by atoms with Crippen LogP contribution in [0.1, 0.15) is 46.8 Å². The first-order chi connectivity index (χ1) is 16.3. The predicted octanol–water partition coefficient (Wildman–Crippen LogP) is 4.66. The van der Waals surface area contributed by atoms with Gasteiger partial charge in [-0.15, -0.1) is 0 Å². The number of alkyl halides is 3. The van der Waals surface area contributed by atoms with Crippen LogP contribution in [0.25, 0.3) is 0 Å². The molecule has 0 bridgehead atoms. The third-order valence-corrected chi connectivity index (χ3v) is 8.26. The molecule has 2 aromatic rings. The molecule has 1 heterocycles. The number of likely N-dealkylation sites (tertiary alicyclic amines) is 1. The van der Waals surface area contributed by atoms with Gasteiger partial charge < -0.3 is 11.1 Å². The molecule has 3 N–H and O–H groups in total. The topological polar surface area (TPSA) is 92.5 Å². The Hall–Kier alpha value is -1.85. The minimum absolute atomic E-state index is 0.00574. The summed E-state index contributed by atoms with van der Waals surface area (Å²) in [5.41, 5.74) is 4.78. The SMILES string of the molecule is CCS(=O)(=O)c1ccc(Cl)cc1CNC(=O)c1cc(Cl)c(CN2CCCC(N)C2)c(C(F)(F)F)c1. The molecule has 0 aliphatic carbocycles. The first-order valence-electron chi connectivity index (χ1n) is 11.0. The maximum atomic E-state index is 13.9. The number of sulfone groups is 1. The first-order valence-corrected chi connectivity index (χ1v) is 13.4. The average Bonchev–Trinajstić information content (AvgIpc) is 2.77. The van der Waals surface area contributed by atoms with E-state index in [9.17, 15) is 26.4 Å². The van der Waals surface area contributed by atoms with Crippen molar-refractivity contribution in [3.05, 3.63) is 62.6 Å². The minimum Gasteiger partial charge on any atom is -0.348 e. The number of carbonyl (C=O) groups excluding carboxylic acids is 1. The maximum absolute atomic E-state index is 13.9. The van der Waals surface area contributed by atoms with Crippen LogP contribution in [0.2, 0.25) is 10.0 Å². The zero-order chi connectivity index (χ0) is 26.0. The first kappa shape index (κ1) is 27.7. The van der Waals surface area contributed by atoms with Crippen LogP contribution in [-0.2, 0) is 29.1 Å². The molecule has 1 aliphatic rings. The number of carbonyl (C=O) groups is 1. The van der Waals surface area contributed by atoms with Crippen LogP contribution in [0, 0.1) is 0 Å². The van der Waals surface area contributed by atoms with E-state index in [1.54, 1.807) is 0 Å². The van der Waals surface area contributed by atoms with Gasteiger partial charge in [0.1, 0.15) is 0 Å². The number of halogens is 5. The Morgan fingerprint density at radius 1 is 1.23 bits per heavy atom. The molecule has 1 amide bonds. The highest BCUT2D eigenvalue weighted by molar-refractivity contribution is 7.91. The van der Waals surface area contributed by atoms with E-state index in [-0.39, 0.29) is 56.5 Å². The summed E-state index contributed by atoms with van der Waals surface area (Å²) in [5.74, 6) is -0.993. The summed E-state index contributed by atoms with van der Waals surface area (Å²) in [6.07, 6.45) is -3.15. The molecular weight excluding hydrogens is 526 g/mol. The number of amides is 1. The molecular formula is C23H26Cl2F3N3O3S. The standard InChI is InChI=1S/C23H26Cl2F3N3O3S/c1-2-35(33,34)21-6-5-16(24)8-15(21)11-30-22(32)14-9-19(23(26,27)28)18(20(25)10-14)13-31-7-3-4-17(29)12-31/h5-6,8-10,17H,2-4,7,11-13,29H2,1H3,(H,30,32). The van der Waals surface area contributed by atoms with Crippen LogP contribution in [0.5, 0.6) is 0 Å². The molecule has 0 saturated carbocycles. The summed E-state index contributed by atoms with van der Waals surface area (Å²) in [6.45, 7) is 2.25. The molecule has 6 nitrogen and oxygen atoms in total. The Morgan fingerprint density at radius 3 is 2.57 bits per heavy atom. The quantitative estimate of drug-likeness (QED) is 0.522. The van der Waals surface area contributed by atoms with E-state index in [0.717, 1.165) is 18.9 Å². The van der Waals surface area contributed by atoms with Crippen LogP contribution in [0.4, 0.5) is 13.2 Å². The number of hydrogen-bond acceptors (Lipinski definition) is 5. The molecule has 0 radical (unpaired) electrons.